The molecule has 1 aliphatic rings. The molecule has 0 spiro atoms. The second-order valence-corrected chi connectivity index (χ2v) is 8.75. The highest BCUT2D eigenvalue weighted by Crippen LogP contribution is 2.27. The molecule has 1 aromatic carbocycles. The Bertz CT molecular complexity index is 1030. The third-order valence-corrected chi connectivity index (χ3v) is 5.84. The molecule has 33 heavy (non-hydrogen) atoms. The summed E-state index contributed by atoms with van der Waals surface area (Å²) in [6, 6.07) is 5.57. The van der Waals surface area contributed by atoms with Crippen molar-refractivity contribution in [3.8, 4) is 0 Å². The van der Waals surface area contributed by atoms with Gasteiger partial charge in [0, 0.05) is 42.6 Å². The van der Waals surface area contributed by atoms with Gasteiger partial charge in [0.1, 0.15) is 17.3 Å². The van der Waals surface area contributed by atoms with E-state index in [1.807, 2.05) is 13.8 Å². The number of aromatic nitrogens is 2. The first-order valence-electron chi connectivity index (χ1n) is 11.1. The normalized spacial score (nSPS) is 16.4. The zero-order chi connectivity index (χ0) is 24.1. The van der Waals surface area contributed by atoms with E-state index in [4.69, 9.17) is 0 Å². The van der Waals surface area contributed by atoms with Crippen LogP contribution in [0.5, 0.6) is 0 Å². The number of rotatable bonds is 6. The predicted octanol–water partition coefficient (Wildman–Crippen LogP) is 4.96. The van der Waals surface area contributed by atoms with E-state index in [-0.39, 0.29) is 23.5 Å². The molecule has 0 radical (unpaired) electrons. The van der Waals surface area contributed by atoms with E-state index in [1.54, 1.807) is 29.2 Å². The Morgan fingerprint density at radius 3 is 2.48 bits per heavy atom. The monoisotopic (exact) mass is 457 g/mol. The molecule has 1 aromatic heterocycles. The molecule has 1 saturated heterocycles. The van der Waals surface area contributed by atoms with Crippen molar-refractivity contribution in [2.24, 2.45) is 9.98 Å². The highest BCUT2D eigenvalue weighted by Gasteiger charge is 2.22. The lowest BCUT2D eigenvalue weighted by Gasteiger charge is -2.36. The third-order valence-electron chi connectivity index (χ3n) is 5.84. The van der Waals surface area contributed by atoms with Crippen LogP contribution in [0, 0.1) is 5.82 Å². The average molecular weight is 458 g/mol. The molecule has 0 saturated carbocycles. The van der Waals surface area contributed by atoms with Crippen molar-refractivity contribution >= 4 is 29.7 Å². The van der Waals surface area contributed by atoms with Crippen molar-refractivity contribution in [1.82, 2.24) is 14.7 Å². The first-order chi connectivity index (χ1) is 15.7. The van der Waals surface area contributed by atoms with E-state index >= 15 is 0 Å². The summed E-state index contributed by atoms with van der Waals surface area (Å²) in [5.41, 5.74) is 1.65. The number of halogens is 2. The van der Waals surface area contributed by atoms with Crippen molar-refractivity contribution in [3.63, 3.8) is 0 Å². The highest BCUT2D eigenvalue weighted by atomic mass is 19.1. The summed E-state index contributed by atoms with van der Waals surface area (Å²) < 4.78 is 30.9. The fourth-order valence-electron chi connectivity index (χ4n) is 3.89. The van der Waals surface area contributed by atoms with E-state index in [2.05, 4.69) is 51.0 Å². The van der Waals surface area contributed by atoms with Crippen LogP contribution in [0.15, 0.2) is 46.4 Å². The average Bonchev–Trinajstić information content (AvgIpc) is 3.26. The number of piperidine rings is 1. The number of hydrogen-bond donors (Lipinski definition) is 1. The van der Waals surface area contributed by atoms with Crippen LogP contribution in [0.4, 0.5) is 20.2 Å². The van der Waals surface area contributed by atoms with Crippen molar-refractivity contribution in [2.75, 3.05) is 37.4 Å². The molecular weight excluding hydrogens is 424 g/mol. The number of nitrogens with zero attached hydrogens (tertiary/aromatic N) is 6. The van der Waals surface area contributed by atoms with Crippen LogP contribution in [-0.4, -0.2) is 60.6 Å². The summed E-state index contributed by atoms with van der Waals surface area (Å²) in [6.07, 6.45) is 5.27. The minimum absolute atomic E-state index is 0.0678. The molecule has 0 amide bonds. The molecule has 3 rings (SSSR count). The summed E-state index contributed by atoms with van der Waals surface area (Å²) in [7, 11) is 4.16. The van der Waals surface area contributed by atoms with Crippen molar-refractivity contribution in [2.45, 2.75) is 45.7 Å². The molecule has 0 atom stereocenters. The third kappa shape index (κ3) is 6.04. The Morgan fingerprint density at radius 2 is 1.97 bits per heavy atom. The topological polar surface area (TPSA) is 61.1 Å². The Hall–Kier alpha value is -3.07. The first kappa shape index (κ1) is 24.6. The maximum Gasteiger partial charge on any atom is 0.227 e. The fraction of sp³-hybridized carbons (Fsp3) is 0.458. The lowest BCUT2D eigenvalue weighted by molar-refractivity contribution is 0.249. The molecule has 0 aliphatic carbocycles. The van der Waals surface area contributed by atoms with Gasteiger partial charge in [-0.25, -0.2) is 18.8 Å². The molecule has 2 heterocycles. The quantitative estimate of drug-likeness (QED) is 0.492. The number of benzene rings is 1. The molecule has 1 fully saturated rings. The van der Waals surface area contributed by atoms with Gasteiger partial charge in [-0.15, -0.1) is 0 Å². The lowest BCUT2D eigenvalue weighted by Crippen LogP contribution is -2.42. The summed E-state index contributed by atoms with van der Waals surface area (Å²) in [5.74, 6) is -0.746. The number of nitrogens with one attached hydrogen (secondary N) is 1. The van der Waals surface area contributed by atoms with Gasteiger partial charge in [0.15, 0.2) is 0 Å². The van der Waals surface area contributed by atoms with Crippen molar-refractivity contribution in [1.29, 1.82) is 0 Å². The zero-order valence-electron chi connectivity index (χ0n) is 20.0. The Labute approximate surface area is 194 Å². The predicted molar refractivity (Wildman–Crippen MR) is 132 cm³/mol. The SMILES string of the molecule is C=N/C(=N\C(=C(/C)F)c1cnn(C(C)C)c1)Nc1ccc(N2CCC(N(C)C)CC2)c(F)c1. The van der Waals surface area contributed by atoms with Crippen LogP contribution < -0.4 is 10.2 Å². The second kappa shape index (κ2) is 10.7. The number of aliphatic imine (C=N–C) groups is 2. The number of hydrogen-bond acceptors (Lipinski definition) is 4. The van der Waals surface area contributed by atoms with Crippen LogP contribution in [0.3, 0.4) is 0 Å². The Kier molecular flexibility index (Phi) is 7.97. The van der Waals surface area contributed by atoms with Gasteiger partial charge in [-0.05, 0) is 72.6 Å². The van der Waals surface area contributed by atoms with Crippen LogP contribution in [-0.2, 0) is 0 Å². The van der Waals surface area contributed by atoms with E-state index in [9.17, 15) is 8.78 Å². The van der Waals surface area contributed by atoms with Crippen molar-refractivity contribution in [3.05, 3.63) is 47.8 Å². The zero-order valence-corrected chi connectivity index (χ0v) is 20.0. The molecule has 7 nitrogen and oxygen atoms in total. The maximum absolute atomic E-state index is 14.9. The van der Waals surface area contributed by atoms with E-state index in [0.29, 0.717) is 23.0 Å². The van der Waals surface area contributed by atoms with Gasteiger partial charge in [0.2, 0.25) is 5.96 Å². The maximum atomic E-state index is 14.9. The van der Waals surface area contributed by atoms with E-state index in [0.717, 1.165) is 25.9 Å². The first-order valence-corrected chi connectivity index (χ1v) is 11.1. The van der Waals surface area contributed by atoms with E-state index < -0.39 is 5.83 Å². The van der Waals surface area contributed by atoms with Crippen LogP contribution in [0.2, 0.25) is 0 Å². The van der Waals surface area contributed by atoms with Crippen LogP contribution in [0.1, 0.15) is 45.2 Å². The molecule has 0 bridgehead atoms. The molecule has 0 unspecified atom stereocenters. The van der Waals surface area contributed by atoms with Crippen LogP contribution in [0.25, 0.3) is 5.70 Å². The lowest BCUT2D eigenvalue weighted by atomic mass is 10.0. The second-order valence-electron chi connectivity index (χ2n) is 8.75. The standard InChI is InChI=1S/C24H33F2N7/c1-16(2)33-15-18(14-28-33)23(17(3)25)30-24(27-4)29-19-7-8-22(21(26)13-19)32-11-9-20(10-12-32)31(5)6/h7-8,13-16,20H,4,9-12H2,1-3,5-6H3,(H,29,30)/b23-17+. The molecule has 1 aliphatic heterocycles. The minimum atomic E-state index is -0.482. The highest BCUT2D eigenvalue weighted by molar-refractivity contribution is 5.99. The van der Waals surface area contributed by atoms with Crippen LogP contribution >= 0.6 is 0 Å². The van der Waals surface area contributed by atoms with E-state index in [1.165, 1.54) is 13.0 Å². The molecule has 178 valence electrons. The molecule has 9 heteroatoms. The summed E-state index contributed by atoms with van der Waals surface area (Å²) >= 11 is 0. The van der Waals surface area contributed by atoms with Gasteiger partial charge in [-0.2, -0.15) is 5.10 Å². The molecule has 2 aromatic rings. The summed E-state index contributed by atoms with van der Waals surface area (Å²) in [5, 5.41) is 7.17. The summed E-state index contributed by atoms with van der Waals surface area (Å²) in [6.45, 7) is 10.4. The van der Waals surface area contributed by atoms with Crippen molar-refractivity contribution < 1.29 is 8.78 Å². The number of guanidine groups is 1. The largest absolute Gasteiger partial charge is 0.369 e. The Balaban J connectivity index is 1.76. The number of anilines is 2. The Morgan fingerprint density at radius 1 is 1.27 bits per heavy atom. The van der Waals surface area contributed by atoms with Gasteiger partial charge in [0.05, 0.1) is 11.9 Å². The summed E-state index contributed by atoms with van der Waals surface area (Å²) in [4.78, 5) is 12.4. The van der Waals surface area contributed by atoms with Gasteiger partial charge in [0.25, 0.3) is 0 Å². The fourth-order valence-corrected chi connectivity index (χ4v) is 3.89. The van der Waals surface area contributed by atoms with Gasteiger partial charge >= 0.3 is 0 Å². The van der Waals surface area contributed by atoms with Gasteiger partial charge < -0.3 is 15.1 Å². The smallest absolute Gasteiger partial charge is 0.227 e. The molecule has 1 N–H and O–H groups in total. The minimum Gasteiger partial charge on any atom is -0.369 e. The molecular formula is C24H33F2N7. The van der Waals surface area contributed by atoms with Gasteiger partial charge in [-0.1, -0.05) is 0 Å². The number of allylic oxidation sites excluding steroid dienone is 1. The van der Waals surface area contributed by atoms with Gasteiger partial charge in [-0.3, -0.25) is 4.68 Å².